The van der Waals surface area contributed by atoms with Gasteiger partial charge in [-0.1, -0.05) is 12.8 Å². The summed E-state index contributed by atoms with van der Waals surface area (Å²) < 4.78 is 0. The van der Waals surface area contributed by atoms with Crippen molar-refractivity contribution in [2.24, 2.45) is 5.92 Å². The topological polar surface area (TPSA) is 35.5 Å². The van der Waals surface area contributed by atoms with Crippen LogP contribution in [0.4, 0.5) is 5.69 Å². The van der Waals surface area contributed by atoms with Crippen molar-refractivity contribution in [1.82, 2.24) is 5.32 Å². The molecule has 2 fully saturated rings. The van der Waals surface area contributed by atoms with Crippen molar-refractivity contribution >= 4 is 5.69 Å². The molecule has 114 valence electrons. The molecule has 3 atom stereocenters. The Labute approximate surface area is 127 Å². The highest BCUT2D eigenvalue weighted by Gasteiger charge is 2.51. The predicted octanol–water partition coefficient (Wildman–Crippen LogP) is 2.80. The van der Waals surface area contributed by atoms with Crippen LogP contribution in [-0.4, -0.2) is 31.8 Å². The van der Waals surface area contributed by atoms with E-state index in [4.69, 9.17) is 0 Å². The van der Waals surface area contributed by atoms with E-state index >= 15 is 0 Å². The Bertz CT molecular complexity index is 565. The Morgan fingerprint density at radius 1 is 1.24 bits per heavy atom. The fourth-order valence-electron chi connectivity index (χ4n) is 5.32. The Morgan fingerprint density at radius 2 is 2.10 bits per heavy atom. The smallest absolute Gasteiger partial charge is 0.139 e. The van der Waals surface area contributed by atoms with E-state index in [0.29, 0.717) is 17.2 Å². The van der Waals surface area contributed by atoms with Gasteiger partial charge in [0.2, 0.25) is 0 Å². The number of rotatable bonds is 1. The van der Waals surface area contributed by atoms with Gasteiger partial charge in [0.1, 0.15) is 5.75 Å². The Kier molecular flexibility index (Phi) is 2.97. The van der Waals surface area contributed by atoms with Crippen LogP contribution >= 0.6 is 0 Å². The lowest BCUT2D eigenvalue weighted by molar-refractivity contribution is 0.0796. The van der Waals surface area contributed by atoms with Gasteiger partial charge in [0.15, 0.2) is 0 Å². The van der Waals surface area contributed by atoms with Crippen LogP contribution in [0.1, 0.15) is 43.2 Å². The summed E-state index contributed by atoms with van der Waals surface area (Å²) in [5.41, 5.74) is 4.22. The number of phenolic OH excluding ortho intramolecular Hbond substituents is 1. The normalized spacial score (nSPS) is 34.0. The van der Waals surface area contributed by atoms with Gasteiger partial charge in [-0.2, -0.15) is 0 Å². The number of piperidine rings is 1. The van der Waals surface area contributed by atoms with E-state index < -0.39 is 0 Å². The summed E-state index contributed by atoms with van der Waals surface area (Å²) in [6.45, 7) is 1.14. The maximum absolute atomic E-state index is 10.5. The zero-order valence-electron chi connectivity index (χ0n) is 13.2. The third-order valence-corrected chi connectivity index (χ3v) is 6.22. The highest BCUT2D eigenvalue weighted by molar-refractivity contribution is 5.63. The number of hydrogen-bond donors (Lipinski definition) is 2. The molecule has 1 aliphatic heterocycles. The van der Waals surface area contributed by atoms with Crippen LogP contribution in [0.3, 0.4) is 0 Å². The van der Waals surface area contributed by atoms with Crippen molar-refractivity contribution in [3.05, 3.63) is 23.3 Å². The number of hydrogen-bond acceptors (Lipinski definition) is 3. The van der Waals surface area contributed by atoms with Crippen LogP contribution in [0.15, 0.2) is 12.1 Å². The number of anilines is 1. The van der Waals surface area contributed by atoms with Crippen LogP contribution < -0.4 is 10.2 Å². The van der Waals surface area contributed by atoms with Crippen LogP contribution in [0, 0.1) is 5.92 Å². The molecule has 21 heavy (non-hydrogen) atoms. The molecule has 3 aliphatic rings. The molecule has 0 radical (unpaired) electrons. The lowest BCUT2D eigenvalue weighted by Crippen LogP contribution is -2.59. The summed E-state index contributed by atoms with van der Waals surface area (Å²) >= 11 is 0. The predicted molar refractivity (Wildman–Crippen MR) is 86.2 cm³/mol. The Balaban J connectivity index is 1.88. The van der Waals surface area contributed by atoms with Crippen LogP contribution in [0.2, 0.25) is 0 Å². The van der Waals surface area contributed by atoms with E-state index in [1.54, 1.807) is 0 Å². The summed E-state index contributed by atoms with van der Waals surface area (Å²) in [6, 6.07) is 4.98. The van der Waals surface area contributed by atoms with Gasteiger partial charge in [-0.25, -0.2) is 0 Å². The van der Waals surface area contributed by atoms with Crippen LogP contribution in [0.5, 0.6) is 5.75 Å². The van der Waals surface area contributed by atoms with Gasteiger partial charge < -0.3 is 15.3 Å². The monoisotopic (exact) mass is 286 g/mol. The summed E-state index contributed by atoms with van der Waals surface area (Å²) in [5.74, 6) is 1.23. The highest BCUT2D eigenvalue weighted by atomic mass is 16.3. The Morgan fingerprint density at radius 3 is 2.90 bits per heavy atom. The van der Waals surface area contributed by atoms with E-state index in [1.165, 1.54) is 43.2 Å². The molecule has 1 aromatic carbocycles. The Hall–Kier alpha value is -1.22. The summed E-state index contributed by atoms with van der Waals surface area (Å²) in [7, 11) is 4.01. The van der Waals surface area contributed by atoms with E-state index in [2.05, 4.69) is 17.4 Å². The van der Waals surface area contributed by atoms with Crippen molar-refractivity contribution in [1.29, 1.82) is 0 Å². The fraction of sp³-hybridized carbons (Fsp3) is 0.667. The molecule has 3 nitrogen and oxygen atoms in total. The zero-order valence-corrected chi connectivity index (χ0v) is 13.2. The summed E-state index contributed by atoms with van der Waals surface area (Å²) in [4.78, 5) is 2.02. The molecule has 2 bridgehead atoms. The van der Waals surface area contributed by atoms with Crippen molar-refractivity contribution in [3.8, 4) is 5.75 Å². The molecule has 3 heteroatoms. The van der Waals surface area contributed by atoms with Crippen molar-refractivity contribution < 1.29 is 5.11 Å². The van der Waals surface area contributed by atoms with Crippen molar-refractivity contribution in [3.63, 3.8) is 0 Å². The maximum atomic E-state index is 10.5. The molecule has 4 rings (SSSR count). The van der Waals surface area contributed by atoms with E-state index in [0.717, 1.165) is 24.6 Å². The number of aromatic hydroxyl groups is 1. The molecule has 1 saturated heterocycles. The summed E-state index contributed by atoms with van der Waals surface area (Å²) in [6.07, 6.45) is 7.75. The third-order valence-electron chi connectivity index (χ3n) is 6.22. The number of phenols is 1. The summed E-state index contributed by atoms with van der Waals surface area (Å²) in [5, 5.41) is 14.2. The molecule has 0 amide bonds. The number of fused-ring (bicyclic) bond motifs is 1. The first-order valence-electron chi connectivity index (χ1n) is 8.39. The van der Waals surface area contributed by atoms with Gasteiger partial charge in [-0.15, -0.1) is 0 Å². The molecule has 1 saturated carbocycles. The largest absolute Gasteiger partial charge is 0.506 e. The first-order chi connectivity index (χ1) is 10.1. The van der Waals surface area contributed by atoms with Gasteiger partial charge >= 0.3 is 0 Å². The third kappa shape index (κ3) is 1.83. The minimum atomic E-state index is 0.337. The maximum Gasteiger partial charge on any atom is 0.139 e. The molecule has 1 aromatic rings. The van der Waals surface area contributed by atoms with E-state index in [-0.39, 0.29) is 0 Å². The average molecular weight is 286 g/mol. The molecule has 1 heterocycles. The number of nitrogens with zero attached hydrogens (tertiary/aromatic N) is 1. The van der Waals surface area contributed by atoms with Gasteiger partial charge in [0.05, 0.1) is 5.69 Å². The van der Waals surface area contributed by atoms with Crippen LogP contribution in [0.25, 0.3) is 0 Å². The zero-order chi connectivity index (χ0) is 14.6. The molecule has 2 N–H and O–H groups in total. The van der Waals surface area contributed by atoms with Gasteiger partial charge in [-0.3, -0.25) is 0 Å². The van der Waals surface area contributed by atoms with Crippen molar-refractivity contribution in [2.75, 3.05) is 25.5 Å². The molecular weight excluding hydrogens is 260 g/mol. The first-order valence-corrected chi connectivity index (χ1v) is 8.39. The molecule has 2 aliphatic carbocycles. The molecule has 0 aromatic heterocycles. The lowest BCUT2D eigenvalue weighted by atomic mass is 9.53. The SMILES string of the molecule is CN(C)c1cc2c(cc1O)[C@@]13CCCC[C@H]1[C@@H](C2)NCC3. The second-order valence-electron chi connectivity index (χ2n) is 7.42. The molecular formula is C18H26N2O. The highest BCUT2D eigenvalue weighted by Crippen LogP contribution is 2.55. The second kappa shape index (κ2) is 4.64. The van der Waals surface area contributed by atoms with Gasteiger partial charge in [-0.05, 0) is 61.4 Å². The number of nitrogens with one attached hydrogen (secondary N) is 1. The average Bonchev–Trinajstić information content (AvgIpc) is 2.47. The second-order valence-corrected chi connectivity index (χ2v) is 7.42. The van der Waals surface area contributed by atoms with E-state index in [1.807, 2.05) is 19.0 Å². The van der Waals surface area contributed by atoms with E-state index in [9.17, 15) is 5.11 Å². The van der Waals surface area contributed by atoms with Crippen LogP contribution in [-0.2, 0) is 11.8 Å². The minimum absolute atomic E-state index is 0.337. The van der Waals surface area contributed by atoms with Gasteiger partial charge in [0.25, 0.3) is 0 Å². The lowest BCUT2D eigenvalue weighted by Gasteiger charge is -2.56. The van der Waals surface area contributed by atoms with Gasteiger partial charge in [0, 0.05) is 25.6 Å². The molecule has 0 unspecified atom stereocenters. The first kappa shape index (κ1) is 13.4. The minimum Gasteiger partial charge on any atom is -0.506 e. The molecule has 0 spiro atoms. The standard InChI is InChI=1S/C18H26N2O/c1-20(2)16-10-12-9-15-13-5-3-4-6-18(13,7-8-19-15)14(12)11-17(16)21/h10-11,13,15,19,21H,3-9H2,1-2H3/t13-,15+,18+/m0/s1. The fourth-order valence-corrected chi connectivity index (χ4v) is 5.32. The quantitative estimate of drug-likeness (QED) is 0.833. The number of benzene rings is 1. The van der Waals surface area contributed by atoms with Crippen molar-refractivity contribution in [2.45, 2.75) is 50.0 Å².